The molecule has 1 aromatic carbocycles. The van der Waals surface area contributed by atoms with Crippen LogP contribution in [0.3, 0.4) is 0 Å². The Kier molecular flexibility index (Phi) is 5.33. The Balaban J connectivity index is 1.86. The third kappa shape index (κ3) is 3.86. The molecule has 1 aliphatic carbocycles. The molecule has 0 unspecified atom stereocenters. The van der Waals surface area contributed by atoms with Gasteiger partial charge in [-0.2, -0.15) is 0 Å². The van der Waals surface area contributed by atoms with Gasteiger partial charge in [-0.3, -0.25) is 4.79 Å². The summed E-state index contributed by atoms with van der Waals surface area (Å²) >= 11 is 3.22. The maximum absolute atomic E-state index is 13.5. The summed E-state index contributed by atoms with van der Waals surface area (Å²) in [5.41, 5.74) is 1.38. The highest BCUT2D eigenvalue weighted by Gasteiger charge is 2.27. The first kappa shape index (κ1) is 17.1. The predicted molar refractivity (Wildman–Crippen MR) is 94.1 cm³/mol. The van der Waals surface area contributed by atoms with E-state index in [1.165, 1.54) is 12.5 Å². The molecule has 1 amide bonds. The van der Waals surface area contributed by atoms with Crippen LogP contribution >= 0.6 is 15.9 Å². The molecule has 0 radical (unpaired) electrons. The van der Waals surface area contributed by atoms with E-state index in [-0.39, 0.29) is 17.8 Å². The molecule has 4 nitrogen and oxygen atoms in total. The SMILES string of the molecule is Cn1cnc(C(=O)N(Cc2ccc(F)c(Br)c2)C2CCCCC2)c1. The van der Waals surface area contributed by atoms with Gasteiger partial charge in [0.25, 0.3) is 5.91 Å². The largest absolute Gasteiger partial charge is 0.340 e. The van der Waals surface area contributed by atoms with Crippen LogP contribution in [0.15, 0.2) is 35.2 Å². The highest BCUT2D eigenvalue weighted by atomic mass is 79.9. The molecular formula is C18H21BrFN3O. The Hall–Kier alpha value is -1.69. The first-order chi connectivity index (χ1) is 11.5. The third-order valence-corrected chi connectivity index (χ3v) is 5.14. The minimum atomic E-state index is -0.293. The van der Waals surface area contributed by atoms with Crippen LogP contribution in [-0.4, -0.2) is 26.4 Å². The van der Waals surface area contributed by atoms with Gasteiger partial charge in [-0.25, -0.2) is 9.37 Å². The molecule has 2 aromatic rings. The van der Waals surface area contributed by atoms with Crippen molar-refractivity contribution >= 4 is 21.8 Å². The number of aromatic nitrogens is 2. The molecule has 1 aliphatic rings. The molecule has 3 rings (SSSR count). The van der Waals surface area contributed by atoms with Crippen LogP contribution < -0.4 is 0 Å². The minimum absolute atomic E-state index is 0.0528. The van der Waals surface area contributed by atoms with E-state index in [9.17, 15) is 9.18 Å². The highest BCUT2D eigenvalue weighted by Crippen LogP contribution is 2.26. The van der Waals surface area contributed by atoms with Gasteiger partial charge in [-0.05, 0) is 46.5 Å². The van der Waals surface area contributed by atoms with Gasteiger partial charge in [0.2, 0.25) is 0 Å². The first-order valence-electron chi connectivity index (χ1n) is 8.27. The lowest BCUT2D eigenvalue weighted by Gasteiger charge is -2.34. The summed E-state index contributed by atoms with van der Waals surface area (Å²) in [7, 11) is 1.85. The second kappa shape index (κ2) is 7.47. The molecule has 0 atom stereocenters. The molecule has 1 saturated carbocycles. The lowest BCUT2D eigenvalue weighted by atomic mass is 9.93. The van der Waals surface area contributed by atoms with Crippen molar-refractivity contribution in [2.75, 3.05) is 0 Å². The molecule has 0 spiro atoms. The zero-order valence-corrected chi connectivity index (χ0v) is 15.3. The fraction of sp³-hybridized carbons (Fsp3) is 0.444. The van der Waals surface area contributed by atoms with Crippen LogP contribution in [0.25, 0.3) is 0 Å². The van der Waals surface area contributed by atoms with Gasteiger partial charge >= 0.3 is 0 Å². The fourth-order valence-corrected chi connectivity index (χ4v) is 3.69. The monoisotopic (exact) mass is 393 g/mol. The van der Waals surface area contributed by atoms with Crippen molar-refractivity contribution in [1.82, 2.24) is 14.5 Å². The molecule has 0 N–H and O–H groups in total. The third-order valence-electron chi connectivity index (χ3n) is 4.54. The first-order valence-corrected chi connectivity index (χ1v) is 9.07. The highest BCUT2D eigenvalue weighted by molar-refractivity contribution is 9.10. The lowest BCUT2D eigenvalue weighted by Crippen LogP contribution is -2.41. The smallest absolute Gasteiger partial charge is 0.274 e. The van der Waals surface area contributed by atoms with E-state index in [4.69, 9.17) is 0 Å². The Labute approximate surface area is 149 Å². The number of carbonyl (C=O) groups excluding carboxylic acids is 1. The van der Waals surface area contributed by atoms with Crippen molar-refractivity contribution in [3.63, 3.8) is 0 Å². The number of hydrogen-bond donors (Lipinski definition) is 0. The van der Waals surface area contributed by atoms with Crippen molar-refractivity contribution in [3.8, 4) is 0 Å². The van der Waals surface area contributed by atoms with E-state index in [0.717, 1.165) is 31.2 Å². The van der Waals surface area contributed by atoms with Gasteiger partial charge in [0.1, 0.15) is 11.5 Å². The zero-order chi connectivity index (χ0) is 17.1. The molecule has 0 bridgehead atoms. The predicted octanol–water partition coefficient (Wildman–Crippen LogP) is 4.30. The van der Waals surface area contributed by atoms with Crippen LogP contribution in [0.1, 0.15) is 48.2 Å². The standard InChI is InChI=1S/C18H21BrFN3O/c1-22-11-17(21-12-22)18(24)23(14-5-3-2-4-6-14)10-13-7-8-16(20)15(19)9-13/h7-9,11-12,14H,2-6,10H2,1H3. The molecular weight excluding hydrogens is 373 g/mol. The molecule has 1 heterocycles. The minimum Gasteiger partial charge on any atom is -0.340 e. The maximum Gasteiger partial charge on any atom is 0.274 e. The molecule has 128 valence electrons. The van der Waals surface area contributed by atoms with Gasteiger partial charge < -0.3 is 9.47 Å². The normalized spacial score (nSPS) is 15.5. The number of benzene rings is 1. The summed E-state index contributed by atoms with van der Waals surface area (Å²) in [6.07, 6.45) is 8.93. The Morgan fingerprint density at radius 2 is 2.12 bits per heavy atom. The van der Waals surface area contributed by atoms with Crippen LogP contribution in [-0.2, 0) is 13.6 Å². The van der Waals surface area contributed by atoms with Crippen LogP contribution in [0, 0.1) is 5.82 Å². The van der Waals surface area contributed by atoms with E-state index < -0.39 is 0 Å². The van der Waals surface area contributed by atoms with Crippen LogP contribution in [0.4, 0.5) is 4.39 Å². The number of amides is 1. The van der Waals surface area contributed by atoms with Gasteiger partial charge in [0.05, 0.1) is 10.8 Å². The van der Waals surface area contributed by atoms with Crippen molar-refractivity contribution < 1.29 is 9.18 Å². The molecule has 6 heteroatoms. The number of halogens is 2. The maximum atomic E-state index is 13.5. The van der Waals surface area contributed by atoms with Crippen molar-refractivity contribution in [2.45, 2.75) is 44.7 Å². The van der Waals surface area contributed by atoms with Gasteiger partial charge in [0, 0.05) is 25.8 Å². The van der Waals surface area contributed by atoms with Gasteiger partial charge in [-0.15, -0.1) is 0 Å². The number of imidazole rings is 1. The molecule has 24 heavy (non-hydrogen) atoms. The summed E-state index contributed by atoms with van der Waals surface area (Å²) < 4.78 is 15.7. The second-order valence-corrected chi connectivity index (χ2v) is 7.25. The number of carbonyl (C=O) groups is 1. The molecule has 0 aliphatic heterocycles. The van der Waals surface area contributed by atoms with E-state index in [1.807, 2.05) is 11.9 Å². The summed E-state index contributed by atoms with van der Waals surface area (Å²) in [5.74, 6) is -0.345. The Morgan fingerprint density at radius 1 is 1.38 bits per heavy atom. The number of aryl methyl sites for hydroxylation is 1. The van der Waals surface area contributed by atoms with E-state index in [0.29, 0.717) is 16.7 Å². The summed E-state index contributed by atoms with van der Waals surface area (Å²) in [4.78, 5) is 19.1. The van der Waals surface area contributed by atoms with Crippen LogP contribution in [0.5, 0.6) is 0 Å². The number of rotatable bonds is 4. The van der Waals surface area contributed by atoms with Crippen LogP contribution in [0.2, 0.25) is 0 Å². The van der Waals surface area contributed by atoms with E-state index in [1.54, 1.807) is 29.2 Å². The number of hydrogen-bond acceptors (Lipinski definition) is 2. The zero-order valence-electron chi connectivity index (χ0n) is 13.7. The van der Waals surface area contributed by atoms with E-state index >= 15 is 0 Å². The Morgan fingerprint density at radius 3 is 2.75 bits per heavy atom. The summed E-state index contributed by atoms with van der Waals surface area (Å²) in [5, 5.41) is 0. The second-order valence-electron chi connectivity index (χ2n) is 6.40. The Bertz CT molecular complexity index is 725. The average Bonchev–Trinajstić information content (AvgIpc) is 3.02. The molecule has 1 fully saturated rings. The van der Waals surface area contributed by atoms with Crippen molar-refractivity contribution in [1.29, 1.82) is 0 Å². The quantitative estimate of drug-likeness (QED) is 0.776. The lowest BCUT2D eigenvalue weighted by molar-refractivity contribution is 0.0608. The van der Waals surface area contributed by atoms with E-state index in [2.05, 4.69) is 20.9 Å². The average molecular weight is 394 g/mol. The summed E-state index contributed by atoms with van der Waals surface area (Å²) in [6, 6.07) is 5.14. The topological polar surface area (TPSA) is 38.1 Å². The fourth-order valence-electron chi connectivity index (χ4n) is 3.26. The number of nitrogens with zero attached hydrogens (tertiary/aromatic N) is 3. The molecule has 0 saturated heterocycles. The van der Waals surface area contributed by atoms with Gasteiger partial charge in [-0.1, -0.05) is 25.3 Å². The van der Waals surface area contributed by atoms with Gasteiger partial charge in [0.15, 0.2) is 0 Å². The van der Waals surface area contributed by atoms with Crippen molar-refractivity contribution in [3.05, 3.63) is 52.3 Å². The van der Waals surface area contributed by atoms with Crippen molar-refractivity contribution in [2.24, 2.45) is 7.05 Å². The molecule has 1 aromatic heterocycles. The summed E-state index contributed by atoms with van der Waals surface area (Å²) in [6.45, 7) is 0.471.